The second kappa shape index (κ2) is 10.2. The molecule has 1 aliphatic carbocycles. The third-order valence-corrected chi connectivity index (χ3v) is 4.22. The van der Waals surface area contributed by atoms with Crippen molar-refractivity contribution in [1.29, 1.82) is 0 Å². The van der Waals surface area contributed by atoms with Crippen molar-refractivity contribution in [2.24, 2.45) is 5.73 Å². The molecule has 0 saturated heterocycles. The Bertz CT molecular complexity index is 264. The van der Waals surface area contributed by atoms with Crippen LogP contribution in [0.5, 0.6) is 0 Å². The van der Waals surface area contributed by atoms with Gasteiger partial charge in [-0.05, 0) is 39.2 Å². The molecule has 0 aromatic carbocycles. The van der Waals surface area contributed by atoms with Gasteiger partial charge in [0.1, 0.15) is 0 Å². The summed E-state index contributed by atoms with van der Waals surface area (Å²) in [4.78, 5) is 14.5. The van der Waals surface area contributed by atoms with Crippen molar-refractivity contribution in [3.63, 3.8) is 0 Å². The first-order valence-electron chi connectivity index (χ1n) is 8.40. The largest absolute Gasteiger partial charge is 0.353 e. The zero-order valence-corrected chi connectivity index (χ0v) is 13.4. The van der Waals surface area contributed by atoms with Gasteiger partial charge in [0.15, 0.2) is 0 Å². The minimum absolute atomic E-state index is 0.175. The van der Waals surface area contributed by atoms with Crippen LogP contribution in [0.15, 0.2) is 0 Å². The molecule has 1 aliphatic rings. The Balaban J connectivity index is 2.43. The molecule has 1 saturated carbocycles. The first-order valence-corrected chi connectivity index (χ1v) is 8.40. The molecule has 0 aromatic heterocycles. The van der Waals surface area contributed by atoms with Crippen LogP contribution >= 0.6 is 0 Å². The van der Waals surface area contributed by atoms with Crippen molar-refractivity contribution < 1.29 is 4.79 Å². The third kappa shape index (κ3) is 6.71. The van der Waals surface area contributed by atoms with E-state index in [2.05, 4.69) is 24.1 Å². The van der Waals surface area contributed by atoms with Gasteiger partial charge in [0.05, 0.1) is 6.54 Å². The summed E-state index contributed by atoms with van der Waals surface area (Å²) in [7, 11) is 0. The monoisotopic (exact) mass is 283 g/mol. The Morgan fingerprint density at radius 1 is 1.35 bits per heavy atom. The van der Waals surface area contributed by atoms with Crippen LogP contribution in [-0.4, -0.2) is 42.5 Å². The first-order chi connectivity index (χ1) is 9.67. The highest BCUT2D eigenvalue weighted by Gasteiger charge is 2.22. The fourth-order valence-electron chi connectivity index (χ4n) is 3.14. The van der Waals surface area contributed by atoms with Crippen LogP contribution in [0, 0.1) is 0 Å². The quantitative estimate of drug-likeness (QED) is 0.682. The third-order valence-electron chi connectivity index (χ3n) is 4.22. The summed E-state index contributed by atoms with van der Waals surface area (Å²) in [6.45, 7) is 6.44. The van der Waals surface area contributed by atoms with Gasteiger partial charge in [0.2, 0.25) is 5.91 Å². The highest BCUT2D eigenvalue weighted by Crippen LogP contribution is 2.22. The van der Waals surface area contributed by atoms with Gasteiger partial charge in [-0.1, -0.05) is 32.6 Å². The molecule has 4 nitrogen and oxygen atoms in total. The Morgan fingerprint density at radius 2 is 2.05 bits per heavy atom. The van der Waals surface area contributed by atoms with Crippen molar-refractivity contribution in [1.82, 2.24) is 10.2 Å². The lowest BCUT2D eigenvalue weighted by molar-refractivity contribution is -0.123. The molecule has 0 aromatic rings. The molecule has 4 heteroatoms. The van der Waals surface area contributed by atoms with Crippen LogP contribution in [0.4, 0.5) is 0 Å². The SMILES string of the molecule is CCCC(C)NC(=O)CN(CCCN)C1CCCCC1. The van der Waals surface area contributed by atoms with Crippen LogP contribution in [-0.2, 0) is 4.79 Å². The molecule has 0 heterocycles. The van der Waals surface area contributed by atoms with Gasteiger partial charge in [-0.3, -0.25) is 9.69 Å². The lowest BCUT2D eigenvalue weighted by Crippen LogP contribution is -2.46. The van der Waals surface area contributed by atoms with E-state index in [-0.39, 0.29) is 11.9 Å². The van der Waals surface area contributed by atoms with Crippen LogP contribution < -0.4 is 11.1 Å². The van der Waals surface area contributed by atoms with E-state index < -0.39 is 0 Å². The molecule has 20 heavy (non-hydrogen) atoms. The molecule has 0 aliphatic heterocycles. The van der Waals surface area contributed by atoms with E-state index in [0.29, 0.717) is 19.1 Å². The summed E-state index contributed by atoms with van der Waals surface area (Å²) in [5.74, 6) is 0.175. The molecular weight excluding hydrogens is 250 g/mol. The van der Waals surface area contributed by atoms with E-state index in [0.717, 1.165) is 25.8 Å². The number of nitrogens with two attached hydrogens (primary N) is 1. The minimum Gasteiger partial charge on any atom is -0.353 e. The van der Waals surface area contributed by atoms with Crippen LogP contribution in [0.3, 0.4) is 0 Å². The van der Waals surface area contributed by atoms with Gasteiger partial charge in [-0.15, -0.1) is 0 Å². The number of rotatable bonds is 9. The maximum Gasteiger partial charge on any atom is 0.234 e. The number of nitrogens with zero attached hydrogens (tertiary/aromatic N) is 1. The van der Waals surface area contributed by atoms with E-state index in [9.17, 15) is 4.79 Å². The smallest absolute Gasteiger partial charge is 0.234 e. The number of carbonyl (C=O) groups excluding carboxylic acids is 1. The van der Waals surface area contributed by atoms with Crippen LogP contribution in [0.2, 0.25) is 0 Å². The lowest BCUT2D eigenvalue weighted by atomic mass is 9.94. The summed E-state index contributed by atoms with van der Waals surface area (Å²) < 4.78 is 0. The molecule has 1 atom stereocenters. The molecule has 0 spiro atoms. The Hall–Kier alpha value is -0.610. The average molecular weight is 283 g/mol. The summed E-state index contributed by atoms with van der Waals surface area (Å²) in [5.41, 5.74) is 5.63. The molecule has 1 amide bonds. The highest BCUT2D eigenvalue weighted by atomic mass is 16.2. The molecular formula is C16H33N3O. The number of amides is 1. The highest BCUT2D eigenvalue weighted by molar-refractivity contribution is 5.78. The summed E-state index contributed by atoms with van der Waals surface area (Å²) in [6, 6.07) is 0.873. The standard InChI is InChI=1S/C16H33N3O/c1-3-8-14(2)18-16(20)13-19(12-7-11-17)15-9-5-4-6-10-15/h14-15H,3-13,17H2,1-2H3,(H,18,20). The van der Waals surface area contributed by atoms with E-state index in [1.165, 1.54) is 32.1 Å². The van der Waals surface area contributed by atoms with Gasteiger partial charge in [-0.25, -0.2) is 0 Å². The minimum atomic E-state index is 0.175. The Labute approximate surface area is 124 Å². The predicted molar refractivity (Wildman–Crippen MR) is 84.6 cm³/mol. The van der Waals surface area contributed by atoms with Gasteiger partial charge in [0, 0.05) is 18.6 Å². The van der Waals surface area contributed by atoms with E-state index in [1.54, 1.807) is 0 Å². The normalized spacial score (nSPS) is 18.2. The maximum absolute atomic E-state index is 12.2. The van der Waals surface area contributed by atoms with Gasteiger partial charge >= 0.3 is 0 Å². The Kier molecular flexibility index (Phi) is 8.86. The second-order valence-corrected chi connectivity index (χ2v) is 6.16. The molecule has 3 N–H and O–H groups in total. The first kappa shape index (κ1) is 17.4. The fraction of sp³-hybridized carbons (Fsp3) is 0.938. The fourth-order valence-corrected chi connectivity index (χ4v) is 3.14. The van der Waals surface area contributed by atoms with E-state index in [4.69, 9.17) is 5.73 Å². The molecule has 1 fully saturated rings. The Morgan fingerprint density at radius 3 is 2.65 bits per heavy atom. The maximum atomic E-state index is 12.2. The van der Waals surface area contributed by atoms with Crippen LogP contribution in [0.25, 0.3) is 0 Å². The molecule has 1 unspecified atom stereocenters. The number of hydrogen-bond acceptors (Lipinski definition) is 3. The summed E-state index contributed by atoms with van der Waals surface area (Å²) in [6.07, 6.45) is 9.58. The number of hydrogen-bond donors (Lipinski definition) is 2. The van der Waals surface area contributed by atoms with Crippen molar-refractivity contribution in [2.75, 3.05) is 19.6 Å². The second-order valence-electron chi connectivity index (χ2n) is 6.16. The zero-order valence-electron chi connectivity index (χ0n) is 13.4. The molecule has 1 rings (SSSR count). The number of carbonyl (C=O) groups is 1. The summed E-state index contributed by atoms with van der Waals surface area (Å²) in [5, 5.41) is 3.11. The van der Waals surface area contributed by atoms with E-state index in [1.807, 2.05) is 0 Å². The lowest BCUT2D eigenvalue weighted by Gasteiger charge is -2.34. The predicted octanol–water partition coefficient (Wildman–Crippen LogP) is 2.27. The molecule has 0 bridgehead atoms. The van der Waals surface area contributed by atoms with Crippen LogP contribution in [0.1, 0.15) is 65.2 Å². The zero-order chi connectivity index (χ0) is 14.8. The summed E-state index contributed by atoms with van der Waals surface area (Å²) >= 11 is 0. The average Bonchev–Trinajstić information content (AvgIpc) is 2.44. The van der Waals surface area contributed by atoms with Crippen molar-refractivity contribution in [2.45, 2.75) is 77.3 Å². The van der Waals surface area contributed by atoms with Gasteiger partial charge in [0.25, 0.3) is 0 Å². The molecule has 118 valence electrons. The van der Waals surface area contributed by atoms with E-state index >= 15 is 0 Å². The van der Waals surface area contributed by atoms with Crippen molar-refractivity contribution in [3.05, 3.63) is 0 Å². The van der Waals surface area contributed by atoms with Gasteiger partial charge in [-0.2, -0.15) is 0 Å². The van der Waals surface area contributed by atoms with Gasteiger partial charge < -0.3 is 11.1 Å². The number of nitrogens with one attached hydrogen (secondary N) is 1. The topological polar surface area (TPSA) is 58.4 Å². The molecule has 0 radical (unpaired) electrons. The van der Waals surface area contributed by atoms with Crippen molar-refractivity contribution in [3.8, 4) is 0 Å². The van der Waals surface area contributed by atoms with Crippen molar-refractivity contribution >= 4 is 5.91 Å².